The van der Waals surface area contributed by atoms with E-state index in [1.54, 1.807) is 6.33 Å². The van der Waals surface area contributed by atoms with Crippen LogP contribution in [0.15, 0.2) is 24.5 Å². The molecule has 18 heavy (non-hydrogen) atoms. The van der Waals surface area contributed by atoms with Crippen LogP contribution in [0, 0.1) is 5.92 Å². The van der Waals surface area contributed by atoms with E-state index in [4.69, 9.17) is 0 Å². The van der Waals surface area contributed by atoms with Crippen LogP contribution in [0.1, 0.15) is 20.3 Å². The fraction of sp³-hybridized carbons (Fsp3) is 0.385. The van der Waals surface area contributed by atoms with Crippen molar-refractivity contribution < 1.29 is 4.79 Å². The average Bonchev–Trinajstić information content (AvgIpc) is 2.75. The predicted octanol–water partition coefficient (Wildman–Crippen LogP) is 2.73. The Morgan fingerprint density at radius 3 is 3.06 bits per heavy atom. The number of nitrogens with zero attached hydrogens (tertiary/aromatic N) is 1. The monoisotopic (exact) mass is 246 g/mol. The summed E-state index contributed by atoms with van der Waals surface area (Å²) in [7, 11) is 0. The van der Waals surface area contributed by atoms with Crippen molar-refractivity contribution in [2.45, 2.75) is 20.3 Å². The van der Waals surface area contributed by atoms with E-state index in [1.807, 2.05) is 18.2 Å². The first-order chi connectivity index (χ1) is 8.65. The lowest BCUT2D eigenvalue weighted by molar-refractivity contribution is 0.251. The topological polar surface area (TPSA) is 69.8 Å². The molecule has 0 unspecified atom stereocenters. The highest BCUT2D eigenvalue weighted by Crippen LogP contribution is 2.15. The molecule has 2 rings (SSSR count). The van der Waals surface area contributed by atoms with E-state index >= 15 is 0 Å². The van der Waals surface area contributed by atoms with Gasteiger partial charge in [0.1, 0.15) is 0 Å². The fourth-order valence-corrected chi connectivity index (χ4v) is 1.66. The number of fused-ring (bicyclic) bond motifs is 1. The number of aromatic amines is 1. The summed E-state index contributed by atoms with van der Waals surface area (Å²) in [4.78, 5) is 18.8. The molecule has 0 saturated carbocycles. The number of carbonyl (C=O) groups is 1. The zero-order valence-corrected chi connectivity index (χ0v) is 10.7. The summed E-state index contributed by atoms with van der Waals surface area (Å²) in [6.07, 6.45) is 2.62. The Balaban J connectivity index is 1.90. The van der Waals surface area contributed by atoms with Crippen molar-refractivity contribution >= 4 is 22.8 Å². The van der Waals surface area contributed by atoms with Crippen molar-refractivity contribution in [1.29, 1.82) is 0 Å². The Labute approximate surface area is 106 Å². The molecule has 0 spiro atoms. The van der Waals surface area contributed by atoms with Gasteiger partial charge in [-0.15, -0.1) is 0 Å². The summed E-state index contributed by atoms with van der Waals surface area (Å²) < 4.78 is 0. The Bertz CT molecular complexity index is 533. The molecule has 0 aliphatic carbocycles. The van der Waals surface area contributed by atoms with Crippen LogP contribution >= 0.6 is 0 Å². The van der Waals surface area contributed by atoms with Gasteiger partial charge in [0.15, 0.2) is 0 Å². The summed E-state index contributed by atoms with van der Waals surface area (Å²) in [6, 6.07) is 5.40. The van der Waals surface area contributed by atoms with Gasteiger partial charge in [0.05, 0.1) is 17.4 Å². The highest BCUT2D eigenvalue weighted by atomic mass is 16.2. The minimum atomic E-state index is -0.172. The molecule has 0 radical (unpaired) electrons. The zero-order valence-electron chi connectivity index (χ0n) is 10.7. The number of anilines is 1. The number of aromatic nitrogens is 2. The number of nitrogens with one attached hydrogen (secondary N) is 3. The Morgan fingerprint density at radius 2 is 2.28 bits per heavy atom. The van der Waals surface area contributed by atoms with Crippen molar-refractivity contribution in [3.63, 3.8) is 0 Å². The maximum atomic E-state index is 11.6. The number of benzene rings is 1. The van der Waals surface area contributed by atoms with Crippen LogP contribution in [-0.4, -0.2) is 22.5 Å². The Hall–Kier alpha value is -2.04. The van der Waals surface area contributed by atoms with Crippen molar-refractivity contribution in [2.75, 3.05) is 11.9 Å². The van der Waals surface area contributed by atoms with Crippen molar-refractivity contribution in [1.82, 2.24) is 15.3 Å². The van der Waals surface area contributed by atoms with Gasteiger partial charge in [-0.1, -0.05) is 13.8 Å². The third kappa shape index (κ3) is 3.23. The number of hydrogen-bond donors (Lipinski definition) is 3. The Morgan fingerprint density at radius 1 is 1.44 bits per heavy atom. The van der Waals surface area contributed by atoms with Crippen molar-refractivity contribution in [3.05, 3.63) is 24.5 Å². The normalized spacial score (nSPS) is 10.8. The second-order valence-electron chi connectivity index (χ2n) is 4.70. The van der Waals surface area contributed by atoms with E-state index < -0.39 is 0 Å². The predicted molar refractivity (Wildman–Crippen MR) is 72.6 cm³/mol. The molecule has 0 saturated heterocycles. The minimum Gasteiger partial charge on any atom is -0.345 e. The van der Waals surface area contributed by atoms with Gasteiger partial charge in [0.2, 0.25) is 0 Å². The van der Waals surface area contributed by atoms with Crippen molar-refractivity contribution in [2.24, 2.45) is 5.92 Å². The largest absolute Gasteiger partial charge is 0.345 e. The molecule has 1 heterocycles. The number of carbonyl (C=O) groups excluding carboxylic acids is 1. The van der Waals surface area contributed by atoms with Gasteiger partial charge in [-0.2, -0.15) is 0 Å². The van der Waals surface area contributed by atoms with E-state index in [1.165, 1.54) is 0 Å². The quantitative estimate of drug-likeness (QED) is 0.776. The molecule has 2 aromatic rings. The molecule has 0 fully saturated rings. The van der Waals surface area contributed by atoms with Gasteiger partial charge >= 0.3 is 6.03 Å². The molecule has 1 aromatic carbocycles. The molecule has 0 aliphatic heterocycles. The summed E-state index contributed by atoms with van der Waals surface area (Å²) in [5.41, 5.74) is 2.56. The maximum absolute atomic E-state index is 11.6. The first-order valence-electron chi connectivity index (χ1n) is 6.13. The first kappa shape index (κ1) is 12.4. The smallest absolute Gasteiger partial charge is 0.319 e. The summed E-state index contributed by atoms with van der Waals surface area (Å²) >= 11 is 0. The molecule has 0 bridgehead atoms. The molecule has 1 aromatic heterocycles. The molecule has 96 valence electrons. The lowest BCUT2D eigenvalue weighted by Gasteiger charge is -2.08. The SMILES string of the molecule is CC(C)CCNC(=O)Nc1ccc2nc[nH]c2c1. The number of urea groups is 1. The van der Waals surface area contributed by atoms with Gasteiger partial charge in [-0.3, -0.25) is 0 Å². The maximum Gasteiger partial charge on any atom is 0.319 e. The number of hydrogen-bond acceptors (Lipinski definition) is 2. The van der Waals surface area contributed by atoms with Crippen LogP contribution in [0.5, 0.6) is 0 Å². The highest BCUT2D eigenvalue weighted by Gasteiger charge is 2.03. The molecular formula is C13H18N4O. The first-order valence-corrected chi connectivity index (χ1v) is 6.13. The number of H-pyrrole nitrogens is 1. The molecular weight excluding hydrogens is 228 g/mol. The van der Waals surface area contributed by atoms with Gasteiger partial charge in [-0.25, -0.2) is 9.78 Å². The standard InChI is InChI=1S/C13H18N4O/c1-9(2)5-6-14-13(18)17-10-3-4-11-12(7-10)16-8-15-11/h3-4,7-9H,5-6H2,1-2H3,(H,15,16)(H2,14,17,18). The summed E-state index contributed by atoms with van der Waals surface area (Å²) in [5.74, 6) is 0.589. The van der Waals surface area contributed by atoms with Gasteiger partial charge in [0.25, 0.3) is 0 Å². The molecule has 5 heteroatoms. The van der Waals surface area contributed by atoms with Crippen molar-refractivity contribution in [3.8, 4) is 0 Å². The van der Waals surface area contributed by atoms with Crippen LogP contribution in [0.25, 0.3) is 11.0 Å². The molecule has 5 nitrogen and oxygen atoms in total. The lowest BCUT2D eigenvalue weighted by Crippen LogP contribution is -2.30. The van der Waals surface area contributed by atoms with E-state index in [9.17, 15) is 4.79 Å². The molecule has 2 amide bonds. The highest BCUT2D eigenvalue weighted by molar-refractivity contribution is 5.91. The summed E-state index contributed by atoms with van der Waals surface area (Å²) in [6.45, 7) is 4.95. The number of rotatable bonds is 4. The number of imidazole rings is 1. The van der Waals surface area contributed by atoms with E-state index in [2.05, 4.69) is 34.4 Å². The van der Waals surface area contributed by atoms with E-state index in [-0.39, 0.29) is 6.03 Å². The third-order valence-corrected chi connectivity index (χ3v) is 2.69. The summed E-state index contributed by atoms with van der Waals surface area (Å²) in [5, 5.41) is 5.63. The van der Waals surface area contributed by atoms with Crippen LogP contribution in [0.3, 0.4) is 0 Å². The second kappa shape index (κ2) is 5.53. The van der Waals surface area contributed by atoms with E-state index in [0.29, 0.717) is 12.5 Å². The molecule has 0 atom stereocenters. The number of amides is 2. The Kier molecular flexibility index (Phi) is 3.82. The van der Waals surface area contributed by atoms with Crippen LogP contribution in [0.4, 0.5) is 10.5 Å². The van der Waals surface area contributed by atoms with Gasteiger partial charge in [0, 0.05) is 12.2 Å². The van der Waals surface area contributed by atoms with Gasteiger partial charge in [-0.05, 0) is 30.5 Å². The average molecular weight is 246 g/mol. The lowest BCUT2D eigenvalue weighted by atomic mass is 10.1. The van der Waals surface area contributed by atoms with Crippen LogP contribution < -0.4 is 10.6 Å². The zero-order chi connectivity index (χ0) is 13.0. The second-order valence-corrected chi connectivity index (χ2v) is 4.70. The minimum absolute atomic E-state index is 0.172. The van der Waals surface area contributed by atoms with E-state index in [0.717, 1.165) is 23.1 Å². The van der Waals surface area contributed by atoms with Crippen LogP contribution in [0.2, 0.25) is 0 Å². The van der Waals surface area contributed by atoms with Crippen LogP contribution in [-0.2, 0) is 0 Å². The molecule has 0 aliphatic rings. The van der Waals surface area contributed by atoms with Gasteiger partial charge < -0.3 is 15.6 Å². The third-order valence-electron chi connectivity index (χ3n) is 2.69. The molecule has 3 N–H and O–H groups in total. The fourth-order valence-electron chi connectivity index (χ4n) is 1.66.